The second-order valence-corrected chi connectivity index (χ2v) is 27.0. The van der Waals surface area contributed by atoms with Crippen LogP contribution in [0.15, 0.2) is 11.6 Å². The summed E-state index contributed by atoms with van der Waals surface area (Å²) in [7, 11) is 0. The number of esters is 1. The van der Waals surface area contributed by atoms with Crippen molar-refractivity contribution in [1.82, 2.24) is 5.32 Å². The lowest BCUT2D eigenvalue weighted by Gasteiger charge is -2.69. The molecule has 7 rings (SSSR count). The van der Waals surface area contributed by atoms with Crippen LogP contribution in [-0.2, 0) is 42.8 Å². The predicted molar refractivity (Wildman–Crippen MR) is 289 cm³/mol. The number of amides is 1. The number of nitrogens with one attached hydrogen (secondary N) is 1. The third-order valence-electron chi connectivity index (χ3n) is 21.9. The Kier molecular flexibility index (Phi) is 20.8. The van der Waals surface area contributed by atoms with Crippen molar-refractivity contribution in [1.29, 1.82) is 0 Å². The molecule has 7 fully saturated rings. The molecule has 19 nitrogen and oxygen atoms in total. The van der Waals surface area contributed by atoms with Crippen LogP contribution in [0, 0.1) is 50.2 Å². The number of hydrogen-bond donors (Lipinski definition) is 10. The lowest BCUT2D eigenvalue weighted by Crippen LogP contribution is -2.69. The van der Waals surface area contributed by atoms with Gasteiger partial charge in [-0.2, -0.15) is 0 Å². The Balaban J connectivity index is 1.16. The van der Waals surface area contributed by atoms with Crippen LogP contribution in [0.5, 0.6) is 0 Å². The number of aliphatic hydroxyl groups is 9. The van der Waals surface area contributed by atoms with E-state index >= 15 is 4.79 Å². The minimum atomic E-state index is -1.93. The minimum absolute atomic E-state index is 0.0206. The molecule has 24 atom stereocenters. The van der Waals surface area contributed by atoms with Gasteiger partial charge in [-0.1, -0.05) is 118 Å². The van der Waals surface area contributed by atoms with Crippen molar-refractivity contribution in [2.45, 2.75) is 283 Å². The molecule has 3 aliphatic heterocycles. The summed E-state index contributed by atoms with van der Waals surface area (Å²) in [6.45, 7) is 19.7. The van der Waals surface area contributed by atoms with Gasteiger partial charge >= 0.3 is 5.97 Å². The van der Waals surface area contributed by atoms with Gasteiger partial charge in [-0.05, 0) is 111 Å². The van der Waals surface area contributed by atoms with E-state index in [4.69, 9.17) is 28.4 Å². The van der Waals surface area contributed by atoms with E-state index in [0.29, 0.717) is 38.5 Å². The molecule has 3 saturated heterocycles. The van der Waals surface area contributed by atoms with E-state index in [1.54, 1.807) is 0 Å². The summed E-state index contributed by atoms with van der Waals surface area (Å²) in [6, 6.07) is -1.32. The zero-order valence-electron chi connectivity index (χ0n) is 49.0. The lowest BCUT2D eigenvalue weighted by atomic mass is 9.35. The monoisotopic (exact) mass is 1120 g/mol. The Morgan fingerprint density at radius 2 is 1.34 bits per heavy atom. The molecule has 454 valence electrons. The Morgan fingerprint density at radius 3 is 1.97 bits per heavy atom. The Labute approximate surface area is 468 Å². The van der Waals surface area contributed by atoms with Gasteiger partial charge in [0.2, 0.25) is 12.2 Å². The van der Waals surface area contributed by atoms with E-state index in [1.165, 1.54) is 32.6 Å². The number of ether oxygens (including phenoxy) is 6. The molecular weight excluding hydrogens is 1020 g/mol. The standard InChI is InChI=1S/C60H101NO18/c1-11-13-14-15-16-17-18-19-20-21-42(67)61-43-38(30-62)76-53(50(45(43)69)78-52-48(72)46(70)49(33(3)75-52)77-51-47(71)44(68)37(64)31-74-51)79-54(73)60-27-26-55(5,6)28-36(60)35(12-2)59(10,29-41(60)66)58(9)25-22-39-56(7,34(58)4)24-23-40(65)57(39,8)32-63/h12,32-34,36-41,43-53,62,64-66,68-72H,11,13-31H2,1-10H3,(H,61,67)/b35-12-/t33-,34?,36?,37-,38-,39-,40?,41+,43?,44?,45?,46?,47?,48?,49?,50?,51+,52+,53+,56?,57?,58-,59-,60?/m1/s1. The van der Waals surface area contributed by atoms with Gasteiger partial charge in [-0.15, -0.1) is 0 Å². The van der Waals surface area contributed by atoms with Gasteiger partial charge in [0, 0.05) is 6.42 Å². The Morgan fingerprint density at radius 1 is 0.709 bits per heavy atom. The predicted octanol–water partition coefficient (Wildman–Crippen LogP) is 4.64. The van der Waals surface area contributed by atoms with E-state index in [9.17, 15) is 55.5 Å². The second kappa shape index (κ2) is 25.6. The molecule has 0 bridgehead atoms. The first-order valence-electron chi connectivity index (χ1n) is 30.1. The third kappa shape index (κ3) is 12.1. The van der Waals surface area contributed by atoms with Crippen LogP contribution in [0.3, 0.4) is 0 Å². The summed E-state index contributed by atoms with van der Waals surface area (Å²) in [5, 5.41) is 105. The van der Waals surface area contributed by atoms with E-state index in [-0.39, 0.29) is 48.5 Å². The number of rotatable bonds is 20. The third-order valence-corrected chi connectivity index (χ3v) is 21.9. The fourth-order valence-electron chi connectivity index (χ4n) is 16.3. The van der Waals surface area contributed by atoms with Crippen LogP contribution in [0.4, 0.5) is 0 Å². The molecule has 19 heteroatoms. The zero-order valence-corrected chi connectivity index (χ0v) is 49.0. The summed E-state index contributed by atoms with van der Waals surface area (Å²) in [6.07, 6.45) is -6.35. The Bertz CT molecular complexity index is 2100. The van der Waals surface area contributed by atoms with Crippen molar-refractivity contribution < 1.29 is 88.8 Å². The first-order valence-corrected chi connectivity index (χ1v) is 30.1. The van der Waals surface area contributed by atoms with Crippen molar-refractivity contribution in [2.24, 2.45) is 50.2 Å². The van der Waals surface area contributed by atoms with Crippen molar-refractivity contribution in [3.8, 4) is 0 Å². The Hall–Kier alpha value is -2.21. The van der Waals surface area contributed by atoms with Crippen molar-refractivity contribution in [3.05, 3.63) is 11.6 Å². The largest absolute Gasteiger partial charge is 0.432 e. The molecule has 0 aromatic heterocycles. The van der Waals surface area contributed by atoms with Crippen LogP contribution in [-0.4, -0.2) is 175 Å². The number of hydrogen-bond acceptors (Lipinski definition) is 18. The van der Waals surface area contributed by atoms with Crippen LogP contribution >= 0.6 is 0 Å². The first kappa shape index (κ1) is 64.4. The summed E-state index contributed by atoms with van der Waals surface area (Å²) < 4.78 is 36.6. The van der Waals surface area contributed by atoms with E-state index in [1.807, 2.05) is 13.8 Å². The molecule has 0 spiro atoms. The van der Waals surface area contributed by atoms with Crippen molar-refractivity contribution in [3.63, 3.8) is 0 Å². The van der Waals surface area contributed by atoms with Gasteiger partial charge in [-0.3, -0.25) is 9.59 Å². The molecule has 4 aliphatic carbocycles. The minimum Gasteiger partial charge on any atom is -0.432 e. The number of aldehydes is 1. The van der Waals surface area contributed by atoms with Crippen LogP contribution in [0.2, 0.25) is 0 Å². The maximum absolute atomic E-state index is 15.7. The lowest BCUT2D eigenvalue weighted by molar-refractivity contribution is -0.370. The number of allylic oxidation sites excluding steroid dienone is 2. The zero-order chi connectivity index (χ0) is 58.2. The average Bonchev–Trinajstić information content (AvgIpc) is 3.60. The van der Waals surface area contributed by atoms with E-state index in [2.05, 4.69) is 59.9 Å². The second-order valence-electron chi connectivity index (χ2n) is 27.0. The van der Waals surface area contributed by atoms with Crippen molar-refractivity contribution in [2.75, 3.05) is 13.2 Å². The molecule has 7 aliphatic rings. The molecule has 1 amide bonds. The van der Waals surface area contributed by atoms with Crippen molar-refractivity contribution >= 4 is 18.2 Å². The summed E-state index contributed by atoms with van der Waals surface area (Å²) in [4.78, 5) is 42.2. The van der Waals surface area contributed by atoms with E-state index < -0.39 is 144 Å². The van der Waals surface area contributed by atoms with Crippen LogP contribution in [0.1, 0.15) is 185 Å². The highest BCUT2D eigenvalue weighted by molar-refractivity contribution is 5.80. The number of carbonyl (C=O) groups excluding carboxylic acids is 3. The van der Waals surface area contributed by atoms with Crippen LogP contribution < -0.4 is 5.32 Å². The molecule has 10 N–H and O–H groups in total. The molecule has 79 heavy (non-hydrogen) atoms. The highest BCUT2D eigenvalue weighted by atomic mass is 16.8. The molecule has 0 radical (unpaired) electrons. The highest BCUT2D eigenvalue weighted by Gasteiger charge is 2.71. The SMILES string of the molecule is C/C=C1/C2CC(C)(C)CCC2(C(=O)O[C@@H]2O[C@H](CO)C(NC(=O)CCCCCCCCCCC)C(O)C2O[C@@H]2O[C@H](C)C(O[C@@H]3OC[C@@H](O)C(O)C3O)C(O)C2O)[C@@H](O)C[C@@]1(C)[C@]1(C)CC[C@H]2C(C)(C=O)C(O)CCC2(C)C1C. The smallest absolute Gasteiger partial charge is 0.317 e. The molecule has 3 heterocycles. The molecule has 4 saturated carbocycles. The maximum atomic E-state index is 15.7. The fourth-order valence-corrected chi connectivity index (χ4v) is 16.3. The topological polar surface area (TPSA) is 301 Å². The van der Waals surface area contributed by atoms with Gasteiger partial charge in [0.25, 0.3) is 0 Å². The molecule has 14 unspecified atom stereocenters. The normalized spacial score (nSPS) is 47.6. The number of unbranched alkanes of at least 4 members (excludes halogenated alkanes) is 8. The molecule has 0 aromatic carbocycles. The summed E-state index contributed by atoms with van der Waals surface area (Å²) >= 11 is 0. The fraction of sp³-hybridized carbons (Fsp3) is 0.917. The van der Waals surface area contributed by atoms with Gasteiger partial charge in [0.15, 0.2) is 18.7 Å². The van der Waals surface area contributed by atoms with Crippen LogP contribution in [0.25, 0.3) is 0 Å². The van der Waals surface area contributed by atoms with Gasteiger partial charge in [0.1, 0.15) is 60.5 Å². The highest BCUT2D eigenvalue weighted by Crippen LogP contribution is 2.73. The number of carbonyl (C=O) groups is 3. The quantitative estimate of drug-likeness (QED) is 0.0344. The number of fused-ring (bicyclic) bond motifs is 2. The summed E-state index contributed by atoms with van der Waals surface area (Å²) in [5.41, 5.74) is -3.13. The maximum Gasteiger partial charge on any atom is 0.317 e. The van der Waals surface area contributed by atoms with Gasteiger partial charge in [0.05, 0.1) is 43.0 Å². The number of aliphatic hydroxyl groups excluding tert-OH is 9. The van der Waals surface area contributed by atoms with Gasteiger partial charge < -0.3 is 84.5 Å². The average molecular weight is 1120 g/mol. The van der Waals surface area contributed by atoms with Gasteiger partial charge in [-0.25, -0.2) is 0 Å². The molecular formula is C60H101NO18. The first-order chi connectivity index (χ1) is 37.2. The molecule has 0 aromatic rings. The summed E-state index contributed by atoms with van der Waals surface area (Å²) in [5.74, 6) is -1.83. The van der Waals surface area contributed by atoms with E-state index in [0.717, 1.165) is 44.0 Å².